The SMILES string of the molecule is CC(C)(C)OC(=O)N1CCC(N2CCN(c3cnc(N4CCN5c6cc(-c7ccccc7O)nnc6NC[C@H]5C4)nc3)CC2)CC1. The summed E-state index contributed by atoms with van der Waals surface area (Å²) in [4.78, 5) is 33.5. The number of carbonyl (C=O) groups is 1. The second kappa shape index (κ2) is 12.4. The van der Waals surface area contributed by atoms with E-state index in [9.17, 15) is 9.90 Å². The average Bonchev–Trinajstić information content (AvgIpc) is 3.07. The second-order valence-electron chi connectivity index (χ2n) is 13.6. The summed E-state index contributed by atoms with van der Waals surface area (Å²) in [6, 6.07) is 9.98. The number of phenolic OH excluding ortho intramolecular Hbond substituents is 1. The lowest BCUT2D eigenvalue weighted by Gasteiger charge is -2.45. The third-order valence-electron chi connectivity index (χ3n) is 9.47. The number of piperazine rings is 2. The van der Waals surface area contributed by atoms with E-state index in [1.54, 1.807) is 12.1 Å². The van der Waals surface area contributed by atoms with Gasteiger partial charge in [-0.05, 0) is 51.8 Å². The fourth-order valence-corrected chi connectivity index (χ4v) is 7.02. The molecule has 0 spiro atoms. The smallest absolute Gasteiger partial charge is 0.410 e. The first-order chi connectivity index (χ1) is 22.2. The van der Waals surface area contributed by atoms with Crippen LogP contribution >= 0.6 is 0 Å². The molecule has 7 rings (SSSR count). The highest BCUT2D eigenvalue weighted by atomic mass is 16.6. The van der Waals surface area contributed by atoms with Crippen LogP contribution in [0.15, 0.2) is 42.7 Å². The molecule has 3 saturated heterocycles. The molecule has 244 valence electrons. The average molecular weight is 629 g/mol. The number of rotatable bonds is 4. The number of hydrogen-bond donors (Lipinski definition) is 2. The zero-order valence-electron chi connectivity index (χ0n) is 27.0. The number of amides is 1. The van der Waals surface area contributed by atoms with Gasteiger partial charge in [-0.1, -0.05) is 12.1 Å². The number of likely N-dealkylation sites (tertiary alicyclic amines) is 1. The third kappa shape index (κ3) is 6.33. The molecule has 4 aliphatic rings. The summed E-state index contributed by atoms with van der Waals surface area (Å²) < 4.78 is 5.56. The van der Waals surface area contributed by atoms with E-state index in [0.29, 0.717) is 17.3 Å². The van der Waals surface area contributed by atoms with Crippen LogP contribution < -0.4 is 20.0 Å². The van der Waals surface area contributed by atoms with Crippen LogP contribution in [0, 0.1) is 0 Å². The molecule has 0 saturated carbocycles. The van der Waals surface area contributed by atoms with Crippen molar-refractivity contribution in [1.29, 1.82) is 0 Å². The van der Waals surface area contributed by atoms with Gasteiger partial charge in [0.15, 0.2) is 5.82 Å². The highest BCUT2D eigenvalue weighted by Crippen LogP contribution is 2.36. The molecule has 0 radical (unpaired) electrons. The fourth-order valence-electron chi connectivity index (χ4n) is 7.02. The first kappa shape index (κ1) is 30.3. The molecule has 13 nitrogen and oxygen atoms in total. The number of nitrogens with one attached hydrogen (secondary N) is 1. The number of hydrogen-bond acceptors (Lipinski definition) is 12. The van der Waals surface area contributed by atoms with Crippen LogP contribution in [0.25, 0.3) is 11.3 Å². The van der Waals surface area contributed by atoms with Crippen molar-refractivity contribution in [3.8, 4) is 17.0 Å². The van der Waals surface area contributed by atoms with Crippen molar-refractivity contribution in [3.05, 3.63) is 42.7 Å². The normalized spacial score (nSPS) is 21.0. The van der Waals surface area contributed by atoms with Crippen LogP contribution in [-0.2, 0) is 4.74 Å². The van der Waals surface area contributed by atoms with Crippen molar-refractivity contribution in [1.82, 2.24) is 30.0 Å². The maximum atomic E-state index is 12.4. The van der Waals surface area contributed by atoms with Gasteiger partial charge in [0.05, 0.1) is 35.5 Å². The van der Waals surface area contributed by atoms with Gasteiger partial charge in [-0.2, -0.15) is 0 Å². The van der Waals surface area contributed by atoms with Gasteiger partial charge in [0.2, 0.25) is 5.95 Å². The van der Waals surface area contributed by atoms with Gasteiger partial charge in [0.25, 0.3) is 0 Å². The lowest BCUT2D eigenvalue weighted by Crippen LogP contribution is -2.58. The Morgan fingerprint density at radius 3 is 2.35 bits per heavy atom. The first-order valence-corrected chi connectivity index (χ1v) is 16.4. The monoisotopic (exact) mass is 628 g/mol. The molecule has 0 unspecified atom stereocenters. The molecule has 1 aromatic carbocycles. The Hall–Kier alpha value is -4.39. The molecule has 0 bridgehead atoms. The number of para-hydroxylation sites is 1. The fraction of sp³-hybridized carbons (Fsp3) is 0.545. The highest BCUT2D eigenvalue weighted by molar-refractivity contribution is 5.76. The number of benzene rings is 1. The van der Waals surface area contributed by atoms with Gasteiger partial charge >= 0.3 is 6.09 Å². The van der Waals surface area contributed by atoms with Crippen molar-refractivity contribution in [2.45, 2.75) is 51.3 Å². The Balaban J connectivity index is 0.917. The Labute approximate surface area is 270 Å². The van der Waals surface area contributed by atoms with E-state index >= 15 is 0 Å². The summed E-state index contributed by atoms with van der Waals surface area (Å²) in [5.74, 6) is 1.73. The molecule has 1 amide bonds. The van der Waals surface area contributed by atoms with E-state index in [1.807, 2.05) is 56.3 Å². The topological polar surface area (TPSA) is 126 Å². The first-order valence-electron chi connectivity index (χ1n) is 16.4. The van der Waals surface area contributed by atoms with Gasteiger partial charge in [-0.3, -0.25) is 4.90 Å². The summed E-state index contributed by atoms with van der Waals surface area (Å²) in [5, 5.41) is 22.6. The number of anilines is 4. The van der Waals surface area contributed by atoms with Crippen LogP contribution in [0.3, 0.4) is 0 Å². The Kier molecular flexibility index (Phi) is 8.18. The number of nitrogens with zero attached hydrogens (tertiary/aromatic N) is 9. The van der Waals surface area contributed by atoms with E-state index in [2.05, 4.69) is 35.1 Å². The van der Waals surface area contributed by atoms with Crippen molar-refractivity contribution in [2.75, 3.05) is 85.5 Å². The zero-order chi connectivity index (χ0) is 31.8. The molecular weight excluding hydrogens is 584 g/mol. The summed E-state index contributed by atoms with van der Waals surface area (Å²) in [6.07, 6.45) is 5.70. The van der Waals surface area contributed by atoms with Crippen LogP contribution in [0.2, 0.25) is 0 Å². The number of carbonyl (C=O) groups excluding carboxylic acids is 1. The summed E-state index contributed by atoms with van der Waals surface area (Å²) in [7, 11) is 0. The standard InChI is InChI=1S/C33H44N10O3/c1-33(2,3)46-32(45)41-10-8-23(9-11-41)39-12-14-40(15-13-39)24-19-35-31(36-20-24)42-16-17-43-25(22-42)21-34-30-28(43)18-27(37-38-30)26-6-4-5-7-29(26)44/h4-7,18-20,23,25,44H,8-17,21-22H2,1-3H3,(H,34,38)/t25-/m0/s1. The zero-order valence-corrected chi connectivity index (χ0v) is 27.0. The number of aromatic hydroxyl groups is 1. The maximum absolute atomic E-state index is 12.4. The van der Waals surface area contributed by atoms with Crippen molar-refractivity contribution in [3.63, 3.8) is 0 Å². The van der Waals surface area contributed by atoms with Crippen molar-refractivity contribution in [2.24, 2.45) is 0 Å². The van der Waals surface area contributed by atoms with Crippen LogP contribution in [-0.4, -0.2) is 124 Å². The molecule has 1 atom stereocenters. The molecule has 6 heterocycles. The van der Waals surface area contributed by atoms with Crippen molar-refractivity contribution < 1.29 is 14.6 Å². The number of aromatic nitrogens is 4. The number of ether oxygens (including phenoxy) is 1. The van der Waals surface area contributed by atoms with Gasteiger partial charge in [-0.25, -0.2) is 14.8 Å². The third-order valence-corrected chi connectivity index (χ3v) is 9.47. The number of fused-ring (bicyclic) bond motifs is 3. The molecule has 4 aliphatic heterocycles. The molecule has 3 fully saturated rings. The van der Waals surface area contributed by atoms with E-state index in [4.69, 9.17) is 14.7 Å². The van der Waals surface area contributed by atoms with E-state index < -0.39 is 5.60 Å². The number of phenols is 1. The molecular formula is C33H44N10O3. The predicted molar refractivity (Wildman–Crippen MR) is 178 cm³/mol. The largest absolute Gasteiger partial charge is 0.507 e. The minimum Gasteiger partial charge on any atom is -0.507 e. The molecule has 2 N–H and O–H groups in total. The summed E-state index contributed by atoms with van der Waals surface area (Å²) >= 11 is 0. The lowest BCUT2D eigenvalue weighted by molar-refractivity contribution is 0.0140. The summed E-state index contributed by atoms with van der Waals surface area (Å²) in [6.45, 7) is 14.3. The predicted octanol–water partition coefficient (Wildman–Crippen LogP) is 3.28. The quantitative estimate of drug-likeness (QED) is 0.440. The molecule has 2 aromatic heterocycles. The van der Waals surface area contributed by atoms with E-state index in [1.165, 1.54) is 0 Å². The van der Waals surface area contributed by atoms with Gasteiger partial charge in [-0.15, -0.1) is 10.2 Å². The van der Waals surface area contributed by atoms with Gasteiger partial charge in [0.1, 0.15) is 11.4 Å². The van der Waals surface area contributed by atoms with Crippen LogP contribution in [0.4, 0.5) is 27.9 Å². The van der Waals surface area contributed by atoms with E-state index in [0.717, 1.165) is 101 Å². The molecule has 0 aliphatic carbocycles. The lowest BCUT2D eigenvalue weighted by atomic mass is 10.0. The highest BCUT2D eigenvalue weighted by Gasteiger charge is 2.35. The molecule has 13 heteroatoms. The number of piperidine rings is 1. The van der Waals surface area contributed by atoms with Gasteiger partial charge in [0, 0.05) is 77.1 Å². The maximum Gasteiger partial charge on any atom is 0.410 e. The van der Waals surface area contributed by atoms with Crippen LogP contribution in [0.1, 0.15) is 33.6 Å². The molecule has 46 heavy (non-hydrogen) atoms. The molecule has 3 aromatic rings. The minimum absolute atomic E-state index is 0.196. The van der Waals surface area contributed by atoms with Crippen molar-refractivity contribution >= 4 is 29.2 Å². The Bertz CT molecular complexity index is 1530. The van der Waals surface area contributed by atoms with Gasteiger partial charge < -0.3 is 34.8 Å². The minimum atomic E-state index is -0.461. The van der Waals surface area contributed by atoms with Crippen LogP contribution in [0.5, 0.6) is 5.75 Å². The summed E-state index contributed by atoms with van der Waals surface area (Å²) in [5.41, 5.74) is 2.94. The Morgan fingerprint density at radius 1 is 0.913 bits per heavy atom. The second-order valence-corrected chi connectivity index (χ2v) is 13.6. The van der Waals surface area contributed by atoms with E-state index in [-0.39, 0.29) is 17.9 Å². The Morgan fingerprint density at radius 2 is 1.63 bits per heavy atom.